The first-order chi connectivity index (χ1) is 34.8. The number of anilines is 3. The molecule has 4 aliphatic heterocycles. The second-order valence-electron chi connectivity index (χ2n) is 22.0. The van der Waals surface area contributed by atoms with Crippen LogP contribution in [0.25, 0.3) is 11.3 Å². The second-order valence-corrected chi connectivity index (χ2v) is 22.0. The van der Waals surface area contributed by atoms with Crippen molar-refractivity contribution in [2.24, 2.45) is 16.7 Å². The SMILES string of the molecule is C#Cc1ccc(CNC(=O)[C@@H]2C[C@@H](O)CN2C(=O)[C@@H](NC(=O)[C@H]2CCC3(CC2)C[C@H](N2CCC(c4cnc(N5CCN6c7cc(-c8ccccc8O)nnc7NC[C@H]6C5)nc4)CC2)C3)C(C)(C)CCO)cc1. The van der Waals surface area contributed by atoms with Gasteiger partial charge in [-0.05, 0) is 129 Å². The number of aliphatic hydroxyl groups is 2. The summed E-state index contributed by atoms with van der Waals surface area (Å²) in [5.74, 6) is 3.53. The Bertz CT molecular complexity index is 2640. The molecular formula is C55H69N11O6. The molecule has 0 radical (unpaired) electrons. The van der Waals surface area contributed by atoms with Gasteiger partial charge in [0.1, 0.15) is 17.8 Å². The number of nitrogens with zero attached hydrogens (tertiary/aromatic N) is 8. The normalized spacial score (nSPS) is 25.9. The first-order valence-corrected chi connectivity index (χ1v) is 26.0. The van der Waals surface area contributed by atoms with Crippen LogP contribution in [-0.2, 0) is 20.9 Å². The van der Waals surface area contributed by atoms with Gasteiger partial charge < -0.3 is 50.9 Å². The smallest absolute Gasteiger partial charge is 0.246 e. The number of benzene rings is 2. The van der Waals surface area contributed by atoms with Crippen molar-refractivity contribution in [2.75, 3.05) is 67.5 Å². The summed E-state index contributed by atoms with van der Waals surface area (Å²) in [6, 6.07) is 15.4. The van der Waals surface area contributed by atoms with E-state index in [0.717, 1.165) is 119 Å². The Morgan fingerprint density at radius 2 is 1.67 bits per heavy atom. The molecule has 0 bridgehead atoms. The fourth-order valence-corrected chi connectivity index (χ4v) is 12.5. The largest absolute Gasteiger partial charge is 0.507 e. The number of aromatic hydroxyl groups is 1. The first-order valence-electron chi connectivity index (χ1n) is 26.0. The highest BCUT2D eigenvalue weighted by molar-refractivity contribution is 5.93. The van der Waals surface area contributed by atoms with Crippen LogP contribution in [0.1, 0.15) is 101 Å². The number of aliphatic hydroxyl groups excluding tert-OH is 2. The fraction of sp³-hybridized carbons (Fsp3) is 0.545. The third-order valence-electron chi connectivity index (χ3n) is 17.0. The molecule has 2 aromatic carbocycles. The Balaban J connectivity index is 0.679. The van der Waals surface area contributed by atoms with Gasteiger partial charge in [0, 0.05) is 87.8 Å². The van der Waals surface area contributed by atoms with Crippen LogP contribution < -0.4 is 25.8 Å². The van der Waals surface area contributed by atoms with Crippen molar-refractivity contribution < 1.29 is 29.7 Å². The Labute approximate surface area is 422 Å². The summed E-state index contributed by atoms with van der Waals surface area (Å²) in [6.07, 6.45) is 16.9. The van der Waals surface area contributed by atoms with Crippen LogP contribution >= 0.6 is 0 Å². The Kier molecular flexibility index (Phi) is 14.1. The molecule has 3 amide bonds. The maximum absolute atomic E-state index is 14.4. The minimum absolute atomic E-state index is 0.0147. The molecule has 2 aromatic heterocycles. The van der Waals surface area contributed by atoms with E-state index in [4.69, 9.17) is 16.4 Å². The van der Waals surface area contributed by atoms with Crippen molar-refractivity contribution in [1.29, 1.82) is 0 Å². The lowest BCUT2D eigenvalue weighted by atomic mass is 9.56. The molecule has 17 heteroatoms. The summed E-state index contributed by atoms with van der Waals surface area (Å²) in [5, 5.41) is 49.5. The molecule has 2 saturated carbocycles. The van der Waals surface area contributed by atoms with Gasteiger partial charge in [-0.25, -0.2) is 9.97 Å². The van der Waals surface area contributed by atoms with E-state index in [1.807, 2.05) is 56.6 Å². The summed E-state index contributed by atoms with van der Waals surface area (Å²) >= 11 is 0. The van der Waals surface area contributed by atoms with E-state index in [2.05, 4.69) is 46.8 Å². The van der Waals surface area contributed by atoms with Crippen molar-refractivity contribution >= 4 is 35.2 Å². The average molecular weight is 980 g/mol. The van der Waals surface area contributed by atoms with E-state index in [-0.39, 0.29) is 67.5 Å². The number of likely N-dealkylation sites (tertiary alicyclic amines) is 2. The lowest BCUT2D eigenvalue weighted by Crippen LogP contribution is -2.59. The van der Waals surface area contributed by atoms with Gasteiger partial charge in [-0.1, -0.05) is 44.0 Å². The van der Waals surface area contributed by atoms with Crippen molar-refractivity contribution in [3.63, 3.8) is 0 Å². The van der Waals surface area contributed by atoms with Crippen LogP contribution in [-0.4, -0.2) is 146 Å². The number of β-amino-alcohol motifs (C(OH)–C–C–N with tert-alkyl or cyclic N) is 1. The fourth-order valence-electron chi connectivity index (χ4n) is 12.5. The zero-order valence-electron chi connectivity index (χ0n) is 41.5. The number of carbonyl (C=O) groups excluding carboxylic acids is 3. The molecule has 380 valence electrons. The van der Waals surface area contributed by atoms with Gasteiger partial charge in [0.2, 0.25) is 23.7 Å². The molecular weight excluding hydrogens is 911 g/mol. The van der Waals surface area contributed by atoms with Crippen molar-refractivity contribution in [3.8, 4) is 29.4 Å². The summed E-state index contributed by atoms with van der Waals surface area (Å²) in [7, 11) is 0. The van der Waals surface area contributed by atoms with E-state index in [1.165, 1.54) is 10.5 Å². The Hall–Kier alpha value is -6.35. The highest BCUT2D eigenvalue weighted by Gasteiger charge is 2.51. The summed E-state index contributed by atoms with van der Waals surface area (Å²) in [6.45, 7) is 8.96. The standard InChI is InChI=1S/C55H69N11O6/c1-4-35-9-11-36(12-10-35)29-57-51(71)46-25-42(68)34-66(46)52(72)48(54(2,3)19-24-67)60-50(70)38-13-17-55(18-14-38)27-40(28-55)63-20-15-37(16-21-63)39-30-58-53(59-31-39)64-22-23-65-41(33-64)32-56-49-45(65)26-44(61-62-49)43-7-5-6-8-47(43)69/h1,5-12,26,30-31,37-38,40-42,46,48,67-69H,13-25,27-29,32-34H2,2-3H3,(H,56,62)(H,57,71)(H,60,70)/t38-,40-,41-,42+,46-,48+,55?/m0/s1. The minimum atomic E-state index is -0.982. The van der Waals surface area contributed by atoms with Gasteiger partial charge in [-0.2, -0.15) is 0 Å². The number of piperazine rings is 1. The zero-order valence-corrected chi connectivity index (χ0v) is 41.5. The van der Waals surface area contributed by atoms with Crippen LogP contribution in [0.4, 0.5) is 17.5 Å². The number of nitrogens with one attached hydrogen (secondary N) is 3. The highest BCUT2D eigenvalue weighted by Crippen LogP contribution is 2.55. The highest BCUT2D eigenvalue weighted by atomic mass is 16.3. The molecule has 3 saturated heterocycles. The van der Waals surface area contributed by atoms with Crippen LogP contribution in [0.2, 0.25) is 0 Å². The van der Waals surface area contributed by atoms with Crippen LogP contribution in [0.15, 0.2) is 67.0 Å². The number of fused-ring (bicyclic) bond motifs is 3. The third-order valence-corrected chi connectivity index (χ3v) is 17.0. The summed E-state index contributed by atoms with van der Waals surface area (Å²) in [4.78, 5) is 60.5. The number of phenolic OH excluding ortho intramolecular Hbond substituents is 1. The number of para-hydroxylation sites is 1. The monoisotopic (exact) mass is 980 g/mol. The molecule has 17 nitrogen and oxygen atoms in total. The van der Waals surface area contributed by atoms with E-state index < -0.39 is 29.5 Å². The van der Waals surface area contributed by atoms with Gasteiger partial charge in [0.05, 0.1) is 23.5 Å². The number of piperidine rings is 1. The summed E-state index contributed by atoms with van der Waals surface area (Å²) < 4.78 is 0. The van der Waals surface area contributed by atoms with Crippen LogP contribution in [0.5, 0.6) is 5.75 Å². The van der Waals surface area contributed by atoms with Gasteiger partial charge in [-0.3, -0.25) is 14.4 Å². The van der Waals surface area contributed by atoms with Gasteiger partial charge in [0.15, 0.2) is 5.82 Å². The molecule has 72 heavy (non-hydrogen) atoms. The molecule has 0 unspecified atom stereocenters. The number of carbonyl (C=O) groups is 3. The van der Waals surface area contributed by atoms with Crippen molar-refractivity contribution in [3.05, 3.63) is 83.7 Å². The maximum atomic E-state index is 14.4. The molecule has 6 heterocycles. The third kappa shape index (κ3) is 10.2. The lowest BCUT2D eigenvalue weighted by molar-refractivity contribution is -0.145. The number of hydrogen-bond donors (Lipinski definition) is 6. The Morgan fingerprint density at radius 1 is 0.931 bits per heavy atom. The quantitative estimate of drug-likeness (QED) is 0.102. The maximum Gasteiger partial charge on any atom is 0.246 e. The predicted octanol–water partition coefficient (Wildman–Crippen LogP) is 4.43. The zero-order chi connectivity index (χ0) is 50.1. The van der Waals surface area contributed by atoms with Gasteiger partial charge >= 0.3 is 0 Å². The van der Waals surface area contributed by atoms with Crippen LogP contribution in [0.3, 0.4) is 0 Å². The molecule has 6 aliphatic rings. The molecule has 5 fully saturated rings. The van der Waals surface area contributed by atoms with Gasteiger partial charge in [-0.15, -0.1) is 16.6 Å². The molecule has 10 rings (SSSR count). The first kappa shape index (κ1) is 49.2. The number of aromatic nitrogens is 4. The van der Waals surface area contributed by atoms with E-state index in [0.29, 0.717) is 23.2 Å². The van der Waals surface area contributed by atoms with E-state index in [1.54, 1.807) is 24.3 Å². The number of hydrogen-bond acceptors (Lipinski definition) is 14. The molecule has 1 spiro atoms. The van der Waals surface area contributed by atoms with Crippen molar-refractivity contribution in [1.82, 2.24) is 40.6 Å². The van der Waals surface area contributed by atoms with Crippen molar-refractivity contribution in [2.45, 2.75) is 121 Å². The van der Waals surface area contributed by atoms with Crippen LogP contribution in [0, 0.1) is 29.1 Å². The number of terminal acetylenes is 1. The molecule has 4 atom stereocenters. The number of rotatable bonds is 13. The molecule has 2 aliphatic carbocycles. The number of phenols is 1. The predicted molar refractivity (Wildman–Crippen MR) is 274 cm³/mol. The molecule has 6 N–H and O–H groups in total. The lowest BCUT2D eigenvalue weighted by Gasteiger charge is -2.55. The van der Waals surface area contributed by atoms with E-state index in [9.17, 15) is 29.7 Å². The Morgan fingerprint density at radius 3 is 2.38 bits per heavy atom. The topological polar surface area (TPSA) is 213 Å². The second kappa shape index (κ2) is 20.6. The van der Waals surface area contributed by atoms with Gasteiger partial charge in [0.25, 0.3) is 0 Å². The average Bonchev–Trinajstić information content (AvgIpc) is 3.80. The summed E-state index contributed by atoms with van der Waals surface area (Å²) in [5.41, 5.74) is 4.52. The molecule has 4 aromatic rings. The van der Waals surface area contributed by atoms with E-state index >= 15 is 0 Å². The number of amides is 3. The minimum Gasteiger partial charge on any atom is -0.507 e.